The molecule has 1 radical (unpaired) electrons. The third-order valence-electron chi connectivity index (χ3n) is 1.92. The van der Waals surface area contributed by atoms with Crippen LogP contribution in [-0.2, 0) is 0 Å². The smallest absolute Gasteiger partial charge is 0.114 e. The summed E-state index contributed by atoms with van der Waals surface area (Å²) >= 11 is 6.58. The quantitative estimate of drug-likeness (QED) is 0.698. The number of anilines is 1. The third-order valence-corrected chi connectivity index (χ3v) is 3.14. The maximum Gasteiger partial charge on any atom is 0.114 e. The summed E-state index contributed by atoms with van der Waals surface area (Å²) in [4.78, 5) is 3.73. The maximum atomic E-state index is 7.26. The van der Waals surface area contributed by atoms with Crippen LogP contribution in [0.25, 0.3) is 0 Å². The van der Waals surface area contributed by atoms with Crippen LogP contribution in [0, 0.1) is 0 Å². The van der Waals surface area contributed by atoms with Gasteiger partial charge in [0.05, 0.1) is 18.1 Å². The van der Waals surface area contributed by atoms with Gasteiger partial charge in [0, 0.05) is 4.90 Å². The highest BCUT2D eigenvalue weighted by atomic mass is 32.2. The summed E-state index contributed by atoms with van der Waals surface area (Å²) in [6.07, 6.45) is 0. The highest BCUT2D eigenvalue weighted by molar-refractivity contribution is 7.99. The number of benzene rings is 1. The number of nitrogens with zero attached hydrogens (tertiary/aromatic N) is 1. The molecule has 1 aromatic rings. The Morgan fingerprint density at radius 1 is 1.54 bits per heavy atom. The maximum absolute atomic E-state index is 7.26. The second-order valence-electron chi connectivity index (χ2n) is 2.86. The van der Waals surface area contributed by atoms with E-state index in [1.165, 1.54) is 10.6 Å². The van der Waals surface area contributed by atoms with E-state index >= 15 is 0 Å². The summed E-state index contributed by atoms with van der Waals surface area (Å²) in [7, 11) is 0. The van der Waals surface area contributed by atoms with E-state index in [4.69, 9.17) is 18.0 Å². The lowest BCUT2D eigenvalue weighted by Crippen LogP contribution is -2.26. The average molecular weight is 209 g/mol. The van der Waals surface area contributed by atoms with Crippen molar-refractivity contribution in [2.45, 2.75) is 4.90 Å². The molecule has 0 spiro atoms. The molecule has 1 N–H and O–H groups in total. The fourth-order valence-corrected chi connectivity index (χ4v) is 2.56. The molecule has 0 amide bonds. The minimum atomic E-state index is 0.303. The van der Waals surface area contributed by atoms with Gasteiger partial charge in [-0.3, -0.25) is 5.73 Å². The van der Waals surface area contributed by atoms with Gasteiger partial charge in [0.25, 0.3) is 0 Å². The van der Waals surface area contributed by atoms with Gasteiger partial charge in [-0.25, -0.2) is 0 Å². The summed E-state index contributed by atoms with van der Waals surface area (Å²) < 4.78 is 0. The lowest BCUT2D eigenvalue weighted by Gasteiger charge is -2.16. The first-order chi connectivity index (χ1) is 6.27. The molecule has 0 unspecified atom stereocenters. The summed E-state index contributed by atoms with van der Waals surface area (Å²) in [5.74, 6) is 0.915. The van der Waals surface area contributed by atoms with Gasteiger partial charge < -0.3 is 4.90 Å². The monoisotopic (exact) mass is 209 g/mol. The fraction of sp³-hybridized carbons (Fsp3) is 0.222. The molecule has 4 heteroatoms. The van der Waals surface area contributed by atoms with Crippen molar-refractivity contribution in [1.82, 2.24) is 5.73 Å². The van der Waals surface area contributed by atoms with Crippen LogP contribution in [-0.4, -0.2) is 17.4 Å². The third kappa shape index (κ3) is 1.78. The van der Waals surface area contributed by atoms with Gasteiger partial charge in [-0.15, -0.1) is 11.8 Å². The second-order valence-corrected chi connectivity index (χ2v) is 4.34. The lowest BCUT2D eigenvalue weighted by molar-refractivity contribution is 1.04. The molecule has 0 saturated heterocycles. The van der Waals surface area contributed by atoms with E-state index in [0.717, 1.165) is 5.88 Å². The molecular weight excluding hydrogens is 200 g/mol. The molecule has 2 rings (SSSR count). The topological polar surface area (TPSA) is 27.0 Å². The van der Waals surface area contributed by atoms with E-state index in [9.17, 15) is 0 Å². The Morgan fingerprint density at radius 3 is 3.08 bits per heavy atom. The molecule has 2 nitrogen and oxygen atoms in total. The van der Waals surface area contributed by atoms with Crippen LogP contribution in [0.15, 0.2) is 29.2 Å². The van der Waals surface area contributed by atoms with E-state index in [0.29, 0.717) is 11.5 Å². The van der Waals surface area contributed by atoms with E-state index in [1.54, 1.807) is 11.8 Å². The first-order valence-electron chi connectivity index (χ1n) is 3.98. The van der Waals surface area contributed by atoms with Gasteiger partial charge in [0.15, 0.2) is 0 Å². The second kappa shape index (κ2) is 3.55. The molecule has 67 valence electrons. The van der Waals surface area contributed by atoms with Gasteiger partial charge in [-0.05, 0) is 12.1 Å². The number of rotatable bonds is 2. The normalized spacial score (nSPS) is 14.3. The largest absolute Gasteiger partial charge is 0.354 e. The van der Waals surface area contributed by atoms with Crippen LogP contribution in [0.5, 0.6) is 0 Å². The number of hydrogen-bond acceptors (Lipinski definition) is 3. The zero-order chi connectivity index (χ0) is 9.26. The number of fused-ring (bicyclic) bond motifs is 1. The Kier molecular flexibility index (Phi) is 2.42. The van der Waals surface area contributed by atoms with E-state index in [1.807, 2.05) is 12.1 Å². The molecule has 0 aliphatic carbocycles. The zero-order valence-corrected chi connectivity index (χ0v) is 8.62. The SMILES string of the molecule is [NH]C(=S)CN1CSc2ccccc21. The summed E-state index contributed by atoms with van der Waals surface area (Å²) in [6, 6.07) is 8.24. The Morgan fingerprint density at radius 2 is 2.31 bits per heavy atom. The lowest BCUT2D eigenvalue weighted by atomic mass is 10.3. The molecular formula is C9H9N2S2. The van der Waals surface area contributed by atoms with Gasteiger partial charge in [-0.2, -0.15) is 0 Å². The molecule has 1 aromatic carbocycles. The standard InChI is InChI=1S/C9H9N2S2/c10-9(12)5-11-6-13-8-4-2-1-3-7(8)11/h1-4,10H,5-6H2. The van der Waals surface area contributed by atoms with E-state index in [-0.39, 0.29) is 0 Å². The molecule has 0 fully saturated rings. The zero-order valence-electron chi connectivity index (χ0n) is 6.99. The molecule has 0 atom stereocenters. The highest BCUT2D eigenvalue weighted by Crippen LogP contribution is 2.37. The van der Waals surface area contributed by atoms with Crippen LogP contribution in [0.4, 0.5) is 5.69 Å². The molecule has 0 bridgehead atoms. The fourth-order valence-electron chi connectivity index (χ4n) is 1.36. The van der Waals surface area contributed by atoms with Gasteiger partial charge in [-0.1, -0.05) is 24.4 Å². The minimum Gasteiger partial charge on any atom is -0.354 e. The van der Waals surface area contributed by atoms with Crippen LogP contribution in [0.2, 0.25) is 0 Å². The molecule has 0 aromatic heterocycles. The van der Waals surface area contributed by atoms with Crippen molar-refractivity contribution in [2.75, 3.05) is 17.3 Å². The Bertz CT molecular complexity index is 338. The Balaban J connectivity index is 2.23. The molecule has 1 aliphatic heterocycles. The predicted octanol–water partition coefficient (Wildman–Crippen LogP) is 2.17. The molecule has 0 saturated carbocycles. The van der Waals surface area contributed by atoms with Crippen molar-refractivity contribution in [3.63, 3.8) is 0 Å². The summed E-state index contributed by atoms with van der Waals surface area (Å²) in [6.45, 7) is 0.569. The van der Waals surface area contributed by atoms with Crippen LogP contribution >= 0.6 is 24.0 Å². The van der Waals surface area contributed by atoms with E-state index in [2.05, 4.69) is 17.0 Å². The van der Waals surface area contributed by atoms with Gasteiger partial charge >= 0.3 is 0 Å². The highest BCUT2D eigenvalue weighted by Gasteiger charge is 2.18. The van der Waals surface area contributed by atoms with Crippen LogP contribution < -0.4 is 10.6 Å². The van der Waals surface area contributed by atoms with Gasteiger partial charge in [0.2, 0.25) is 0 Å². The number of thiocarbonyl (C=S) groups is 1. The van der Waals surface area contributed by atoms with Crippen molar-refractivity contribution in [3.05, 3.63) is 24.3 Å². The Hall–Kier alpha value is -0.740. The number of hydrogen-bond donors (Lipinski definition) is 0. The molecule has 13 heavy (non-hydrogen) atoms. The minimum absolute atomic E-state index is 0.303. The number of nitrogens with one attached hydrogen (secondary N) is 1. The van der Waals surface area contributed by atoms with Crippen molar-refractivity contribution in [3.8, 4) is 0 Å². The molecule has 1 heterocycles. The molecule has 1 aliphatic rings. The van der Waals surface area contributed by atoms with Crippen molar-refractivity contribution in [1.29, 1.82) is 0 Å². The van der Waals surface area contributed by atoms with Crippen LogP contribution in [0.3, 0.4) is 0 Å². The van der Waals surface area contributed by atoms with Crippen LogP contribution in [0.1, 0.15) is 0 Å². The summed E-state index contributed by atoms with van der Waals surface area (Å²) in [5, 5.41) is 0. The summed E-state index contributed by atoms with van der Waals surface area (Å²) in [5.41, 5.74) is 8.47. The van der Waals surface area contributed by atoms with Crippen molar-refractivity contribution in [2.24, 2.45) is 0 Å². The first kappa shape index (κ1) is 8.84. The van der Waals surface area contributed by atoms with Gasteiger partial charge in [0.1, 0.15) is 4.99 Å². The van der Waals surface area contributed by atoms with Crippen molar-refractivity contribution < 1.29 is 0 Å². The number of para-hydroxylation sites is 1. The average Bonchev–Trinajstić information content (AvgIpc) is 2.48. The van der Waals surface area contributed by atoms with Crippen molar-refractivity contribution >= 4 is 34.7 Å². The number of thioether (sulfide) groups is 1. The predicted molar refractivity (Wildman–Crippen MR) is 60.2 cm³/mol. The Labute approximate surface area is 87.1 Å². The first-order valence-corrected chi connectivity index (χ1v) is 5.38. The van der Waals surface area contributed by atoms with E-state index < -0.39 is 0 Å².